The first-order valence-corrected chi connectivity index (χ1v) is 8.00. The Bertz CT molecular complexity index is 636. The SMILES string of the molecule is CCc1cnc(-c2cc(Cl)c(N3CCCCC3)nc2Cl)o1. The highest BCUT2D eigenvalue weighted by Crippen LogP contribution is 2.35. The van der Waals surface area contributed by atoms with E-state index < -0.39 is 0 Å². The molecule has 1 aliphatic rings. The first-order valence-electron chi connectivity index (χ1n) is 7.25. The van der Waals surface area contributed by atoms with Crippen molar-refractivity contribution in [2.24, 2.45) is 0 Å². The van der Waals surface area contributed by atoms with E-state index >= 15 is 0 Å². The van der Waals surface area contributed by atoms with Crippen LogP contribution in [0.5, 0.6) is 0 Å². The minimum absolute atomic E-state index is 0.379. The summed E-state index contributed by atoms with van der Waals surface area (Å²) in [5, 5.41) is 0.969. The molecule has 1 saturated heterocycles. The Hall–Kier alpha value is -1.26. The number of hydrogen-bond acceptors (Lipinski definition) is 4. The highest BCUT2D eigenvalue weighted by molar-refractivity contribution is 6.35. The van der Waals surface area contributed by atoms with Crippen molar-refractivity contribution in [1.82, 2.24) is 9.97 Å². The standard InChI is InChI=1S/C15H17Cl2N3O/c1-2-10-9-18-15(21-10)11-8-12(16)14(19-13(11)17)20-6-4-3-5-7-20/h8-9H,2-7H2,1H3. The van der Waals surface area contributed by atoms with Crippen LogP contribution in [0.15, 0.2) is 16.7 Å². The van der Waals surface area contributed by atoms with Crippen LogP contribution in [0.4, 0.5) is 5.82 Å². The Morgan fingerprint density at radius 2 is 2.00 bits per heavy atom. The van der Waals surface area contributed by atoms with E-state index in [4.69, 9.17) is 27.6 Å². The molecule has 0 saturated carbocycles. The Balaban J connectivity index is 1.95. The van der Waals surface area contributed by atoms with E-state index in [2.05, 4.69) is 14.9 Å². The van der Waals surface area contributed by atoms with Gasteiger partial charge in [0.25, 0.3) is 0 Å². The molecule has 2 aromatic rings. The predicted octanol–water partition coefficient (Wildman–Crippen LogP) is 4.60. The van der Waals surface area contributed by atoms with Crippen molar-refractivity contribution < 1.29 is 4.42 Å². The molecular weight excluding hydrogens is 309 g/mol. The molecule has 112 valence electrons. The number of oxazole rings is 1. The van der Waals surface area contributed by atoms with Crippen molar-refractivity contribution >= 4 is 29.0 Å². The molecule has 1 fully saturated rings. The van der Waals surface area contributed by atoms with Gasteiger partial charge in [-0.15, -0.1) is 0 Å². The Labute approximate surface area is 134 Å². The summed E-state index contributed by atoms with van der Waals surface area (Å²) >= 11 is 12.7. The normalized spacial score (nSPS) is 15.5. The number of rotatable bonds is 3. The molecule has 0 unspecified atom stereocenters. The largest absolute Gasteiger partial charge is 0.441 e. The number of hydrogen-bond donors (Lipinski definition) is 0. The lowest BCUT2D eigenvalue weighted by Crippen LogP contribution is -2.30. The summed E-state index contributed by atoms with van der Waals surface area (Å²) in [4.78, 5) is 10.9. The third-order valence-electron chi connectivity index (χ3n) is 3.70. The summed E-state index contributed by atoms with van der Waals surface area (Å²) in [6, 6.07) is 1.80. The molecule has 21 heavy (non-hydrogen) atoms. The molecule has 0 radical (unpaired) electrons. The molecule has 3 heterocycles. The second kappa shape index (κ2) is 6.24. The van der Waals surface area contributed by atoms with E-state index in [0.29, 0.717) is 21.6 Å². The lowest BCUT2D eigenvalue weighted by molar-refractivity contribution is 0.524. The summed E-state index contributed by atoms with van der Waals surface area (Å²) in [5.41, 5.74) is 0.641. The lowest BCUT2D eigenvalue weighted by atomic mass is 10.1. The number of nitrogens with zero attached hydrogens (tertiary/aromatic N) is 3. The van der Waals surface area contributed by atoms with Crippen LogP contribution in [0.3, 0.4) is 0 Å². The van der Waals surface area contributed by atoms with Crippen LogP contribution in [0, 0.1) is 0 Å². The van der Waals surface area contributed by atoms with Crippen molar-refractivity contribution in [1.29, 1.82) is 0 Å². The number of aryl methyl sites for hydroxylation is 1. The van der Waals surface area contributed by atoms with Crippen molar-refractivity contribution in [2.75, 3.05) is 18.0 Å². The molecule has 2 aromatic heterocycles. The van der Waals surface area contributed by atoms with Gasteiger partial charge < -0.3 is 9.32 Å². The Morgan fingerprint density at radius 3 is 2.67 bits per heavy atom. The fraction of sp³-hybridized carbons (Fsp3) is 0.467. The van der Waals surface area contributed by atoms with Gasteiger partial charge in [-0.2, -0.15) is 0 Å². The highest BCUT2D eigenvalue weighted by Gasteiger charge is 2.20. The Morgan fingerprint density at radius 1 is 1.24 bits per heavy atom. The summed E-state index contributed by atoms with van der Waals surface area (Å²) in [7, 11) is 0. The van der Waals surface area contributed by atoms with Gasteiger partial charge in [-0.25, -0.2) is 9.97 Å². The van der Waals surface area contributed by atoms with Crippen LogP contribution in [-0.2, 0) is 6.42 Å². The summed E-state index contributed by atoms with van der Waals surface area (Å²) in [5.74, 6) is 2.04. The smallest absolute Gasteiger partial charge is 0.229 e. The van der Waals surface area contributed by atoms with Gasteiger partial charge >= 0.3 is 0 Å². The van der Waals surface area contributed by atoms with Gasteiger partial charge in [0.1, 0.15) is 16.7 Å². The lowest BCUT2D eigenvalue weighted by Gasteiger charge is -2.28. The first kappa shape index (κ1) is 14.7. The molecule has 0 aliphatic carbocycles. The van der Waals surface area contributed by atoms with Gasteiger partial charge in [-0.1, -0.05) is 30.1 Å². The molecule has 3 rings (SSSR count). The fourth-order valence-electron chi connectivity index (χ4n) is 2.53. The number of piperidine rings is 1. The zero-order chi connectivity index (χ0) is 14.8. The van der Waals surface area contributed by atoms with Crippen LogP contribution in [-0.4, -0.2) is 23.1 Å². The van der Waals surface area contributed by atoms with Gasteiger partial charge in [0.2, 0.25) is 5.89 Å². The quantitative estimate of drug-likeness (QED) is 0.773. The second-order valence-electron chi connectivity index (χ2n) is 5.17. The molecule has 0 N–H and O–H groups in total. The van der Waals surface area contributed by atoms with Crippen molar-refractivity contribution in [2.45, 2.75) is 32.6 Å². The molecule has 0 bridgehead atoms. The Kier molecular flexibility index (Phi) is 4.36. The zero-order valence-electron chi connectivity index (χ0n) is 11.9. The van der Waals surface area contributed by atoms with Crippen molar-refractivity contribution in [3.63, 3.8) is 0 Å². The van der Waals surface area contributed by atoms with Gasteiger partial charge in [0, 0.05) is 19.5 Å². The second-order valence-corrected chi connectivity index (χ2v) is 5.93. The molecular formula is C15H17Cl2N3O. The monoisotopic (exact) mass is 325 g/mol. The van der Waals surface area contributed by atoms with E-state index in [1.807, 2.05) is 6.92 Å². The van der Waals surface area contributed by atoms with Gasteiger partial charge in [-0.05, 0) is 25.3 Å². The van der Waals surface area contributed by atoms with Gasteiger partial charge in [-0.3, -0.25) is 0 Å². The van der Waals surface area contributed by atoms with Crippen LogP contribution in [0.2, 0.25) is 10.2 Å². The topological polar surface area (TPSA) is 42.2 Å². The van der Waals surface area contributed by atoms with E-state index in [9.17, 15) is 0 Å². The molecule has 0 atom stereocenters. The average Bonchev–Trinajstić information content (AvgIpc) is 2.99. The van der Waals surface area contributed by atoms with Crippen molar-refractivity contribution in [3.05, 3.63) is 28.2 Å². The zero-order valence-corrected chi connectivity index (χ0v) is 13.4. The maximum Gasteiger partial charge on any atom is 0.229 e. The van der Waals surface area contributed by atoms with Crippen LogP contribution < -0.4 is 4.90 Å². The number of aromatic nitrogens is 2. The molecule has 1 aliphatic heterocycles. The molecule has 4 nitrogen and oxygen atoms in total. The number of halogens is 2. The maximum atomic E-state index is 6.39. The number of pyridine rings is 1. The average molecular weight is 326 g/mol. The first-order chi connectivity index (χ1) is 10.2. The van der Waals surface area contributed by atoms with Crippen LogP contribution >= 0.6 is 23.2 Å². The fourth-order valence-corrected chi connectivity index (χ4v) is 3.02. The highest BCUT2D eigenvalue weighted by atomic mass is 35.5. The summed E-state index contributed by atoms with van der Waals surface area (Å²) in [6.45, 7) is 3.96. The third kappa shape index (κ3) is 3.01. The molecule has 0 amide bonds. The number of anilines is 1. The third-order valence-corrected chi connectivity index (χ3v) is 4.27. The predicted molar refractivity (Wildman–Crippen MR) is 85.2 cm³/mol. The summed E-state index contributed by atoms with van der Waals surface area (Å²) < 4.78 is 5.63. The van der Waals surface area contributed by atoms with E-state index in [1.54, 1.807) is 12.3 Å². The summed E-state index contributed by atoms with van der Waals surface area (Å²) in [6.07, 6.45) is 6.08. The van der Waals surface area contributed by atoms with Gasteiger partial charge in [0.15, 0.2) is 0 Å². The van der Waals surface area contributed by atoms with Crippen LogP contribution in [0.25, 0.3) is 11.5 Å². The minimum Gasteiger partial charge on any atom is -0.441 e. The van der Waals surface area contributed by atoms with E-state index in [-0.39, 0.29) is 0 Å². The van der Waals surface area contributed by atoms with Crippen molar-refractivity contribution in [3.8, 4) is 11.5 Å². The molecule has 6 heteroatoms. The molecule has 0 aromatic carbocycles. The minimum atomic E-state index is 0.379. The van der Waals surface area contributed by atoms with Crippen LogP contribution in [0.1, 0.15) is 31.9 Å². The maximum absolute atomic E-state index is 6.39. The molecule has 0 spiro atoms. The van der Waals surface area contributed by atoms with E-state index in [0.717, 1.165) is 43.9 Å². The van der Waals surface area contributed by atoms with Gasteiger partial charge in [0.05, 0.1) is 16.8 Å². The van der Waals surface area contributed by atoms with E-state index in [1.165, 1.54) is 6.42 Å².